The SMILES string of the molecule is COC(=O)C(C)(NC(=O)Cc1ccc(Cl)cc1Cl)C1CCCCC1. The number of carbonyl (C=O) groups excluding carboxylic acids is 2. The van der Waals surface area contributed by atoms with Gasteiger partial charge in [-0.2, -0.15) is 0 Å². The van der Waals surface area contributed by atoms with Crippen LogP contribution in [0.3, 0.4) is 0 Å². The van der Waals surface area contributed by atoms with E-state index >= 15 is 0 Å². The quantitative estimate of drug-likeness (QED) is 0.790. The van der Waals surface area contributed by atoms with Gasteiger partial charge in [-0.3, -0.25) is 4.79 Å². The fourth-order valence-electron chi connectivity index (χ4n) is 3.38. The highest BCUT2D eigenvalue weighted by atomic mass is 35.5. The summed E-state index contributed by atoms with van der Waals surface area (Å²) in [5, 5.41) is 3.86. The molecule has 1 aliphatic rings. The van der Waals surface area contributed by atoms with Gasteiger partial charge < -0.3 is 10.1 Å². The number of carbonyl (C=O) groups is 2. The van der Waals surface area contributed by atoms with Gasteiger partial charge >= 0.3 is 5.97 Å². The average Bonchev–Trinajstić information content (AvgIpc) is 2.57. The smallest absolute Gasteiger partial charge is 0.331 e. The van der Waals surface area contributed by atoms with Gasteiger partial charge in [-0.25, -0.2) is 4.79 Å². The van der Waals surface area contributed by atoms with Gasteiger partial charge in [0.1, 0.15) is 5.54 Å². The normalized spacial score (nSPS) is 17.8. The molecule has 1 aliphatic carbocycles. The molecule has 0 heterocycles. The Morgan fingerprint density at radius 3 is 2.50 bits per heavy atom. The number of amides is 1. The number of hydrogen-bond acceptors (Lipinski definition) is 3. The van der Waals surface area contributed by atoms with Crippen LogP contribution in [-0.2, 0) is 20.7 Å². The number of methoxy groups -OCH3 is 1. The summed E-state index contributed by atoms with van der Waals surface area (Å²) in [5.41, 5.74) is -0.333. The minimum atomic E-state index is -1.01. The molecule has 1 atom stereocenters. The van der Waals surface area contributed by atoms with Crippen LogP contribution in [0.5, 0.6) is 0 Å². The van der Waals surface area contributed by atoms with E-state index in [0.29, 0.717) is 15.6 Å². The van der Waals surface area contributed by atoms with Crippen molar-refractivity contribution >= 4 is 35.1 Å². The van der Waals surface area contributed by atoms with E-state index in [4.69, 9.17) is 27.9 Å². The van der Waals surface area contributed by atoms with Crippen LogP contribution >= 0.6 is 23.2 Å². The third kappa shape index (κ3) is 4.42. The van der Waals surface area contributed by atoms with E-state index in [1.165, 1.54) is 13.5 Å². The molecule has 24 heavy (non-hydrogen) atoms. The third-order valence-electron chi connectivity index (χ3n) is 4.80. The molecule has 0 radical (unpaired) electrons. The molecule has 1 N–H and O–H groups in total. The van der Waals surface area contributed by atoms with Crippen LogP contribution in [0.4, 0.5) is 0 Å². The summed E-state index contributed by atoms with van der Waals surface area (Å²) in [6.07, 6.45) is 5.21. The van der Waals surface area contributed by atoms with Crippen LogP contribution in [0.2, 0.25) is 10.0 Å². The van der Waals surface area contributed by atoms with E-state index < -0.39 is 11.5 Å². The zero-order valence-corrected chi connectivity index (χ0v) is 15.5. The van der Waals surface area contributed by atoms with E-state index in [2.05, 4.69) is 5.32 Å². The Morgan fingerprint density at radius 2 is 1.92 bits per heavy atom. The van der Waals surface area contributed by atoms with Gasteiger partial charge in [-0.1, -0.05) is 48.5 Å². The second kappa shape index (κ2) is 8.21. The van der Waals surface area contributed by atoms with Crippen molar-refractivity contribution in [2.45, 2.75) is 51.0 Å². The molecule has 1 amide bonds. The van der Waals surface area contributed by atoms with Gasteiger partial charge in [0.2, 0.25) is 5.91 Å². The maximum Gasteiger partial charge on any atom is 0.331 e. The molecule has 0 aromatic heterocycles. The fraction of sp³-hybridized carbons (Fsp3) is 0.556. The standard InChI is InChI=1S/C18H23Cl2NO3/c1-18(17(23)24-2,13-6-4-3-5-7-13)21-16(22)10-12-8-9-14(19)11-15(12)20/h8-9,11,13H,3-7,10H2,1-2H3,(H,21,22). The topological polar surface area (TPSA) is 55.4 Å². The Morgan fingerprint density at radius 1 is 1.25 bits per heavy atom. The summed E-state index contributed by atoms with van der Waals surface area (Å²) in [5.74, 6) is -0.564. The molecule has 0 saturated heterocycles. The minimum Gasteiger partial charge on any atom is -0.467 e. The Hall–Kier alpha value is -1.26. The molecular weight excluding hydrogens is 349 g/mol. The monoisotopic (exact) mass is 371 g/mol. The van der Waals surface area contributed by atoms with Crippen molar-refractivity contribution in [1.29, 1.82) is 0 Å². The predicted molar refractivity (Wildman–Crippen MR) is 95.3 cm³/mol. The van der Waals surface area contributed by atoms with Crippen LogP contribution in [0, 0.1) is 5.92 Å². The number of nitrogens with one attached hydrogen (secondary N) is 1. The number of halogens is 2. The van der Waals surface area contributed by atoms with Crippen molar-refractivity contribution < 1.29 is 14.3 Å². The van der Waals surface area contributed by atoms with Crippen molar-refractivity contribution in [3.05, 3.63) is 33.8 Å². The van der Waals surface area contributed by atoms with Crippen molar-refractivity contribution in [3.8, 4) is 0 Å². The highest BCUT2D eigenvalue weighted by Crippen LogP contribution is 2.33. The molecule has 0 aliphatic heterocycles. The lowest BCUT2D eigenvalue weighted by molar-refractivity contribution is -0.153. The summed E-state index contributed by atoms with van der Waals surface area (Å²) in [7, 11) is 1.35. The fourth-order valence-corrected chi connectivity index (χ4v) is 3.86. The molecule has 1 aromatic carbocycles. The second-order valence-electron chi connectivity index (χ2n) is 6.49. The van der Waals surface area contributed by atoms with E-state index in [1.54, 1.807) is 25.1 Å². The second-order valence-corrected chi connectivity index (χ2v) is 7.33. The van der Waals surface area contributed by atoms with Crippen LogP contribution in [-0.4, -0.2) is 24.5 Å². The van der Waals surface area contributed by atoms with Crippen molar-refractivity contribution in [1.82, 2.24) is 5.32 Å². The molecule has 4 nitrogen and oxygen atoms in total. The van der Waals surface area contributed by atoms with Crippen LogP contribution in [0.25, 0.3) is 0 Å². The van der Waals surface area contributed by atoms with Gasteiger partial charge in [0.15, 0.2) is 0 Å². The van der Waals surface area contributed by atoms with Gasteiger partial charge in [-0.05, 0) is 43.4 Å². The average molecular weight is 372 g/mol. The lowest BCUT2D eigenvalue weighted by Gasteiger charge is -2.38. The number of hydrogen-bond donors (Lipinski definition) is 1. The van der Waals surface area contributed by atoms with Gasteiger partial charge in [0.25, 0.3) is 0 Å². The van der Waals surface area contributed by atoms with Crippen molar-refractivity contribution in [2.75, 3.05) is 7.11 Å². The van der Waals surface area contributed by atoms with Crippen LogP contribution in [0.15, 0.2) is 18.2 Å². The molecule has 1 aromatic rings. The highest BCUT2D eigenvalue weighted by molar-refractivity contribution is 6.35. The summed E-state index contributed by atoms with van der Waals surface area (Å²) in [6, 6.07) is 5.02. The van der Waals surface area contributed by atoms with Gasteiger partial charge in [-0.15, -0.1) is 0 Å². The Kier molecular flexibility index (Phi) is 6.53. The molecule has 1 unspecified atom stereocenters. The van der Waals surface area contributed by atoms with E-state index in [1.807, 2.05) is 0 Å². The molecule has 0 bridgehead atoms. The van der Waals surface area contributed by atoms with Gasteiger partial charge in [0, 0.05) is 10.0 Å². The molecule has 0 spiro atoms. The first kappa shape index (κ1) is 19.1. The van der Waals surface area contributed by atoms with E-state index in [0.717, 1.165) is 25.7 Å². The third-order valence-corrected chi connectivity index (χ3v) is 5.38. The predicted octanol–water partition coefficient (Wildman–Crippen LogP) is 4.16. The molecule has 2 rings (SSSR count). The maximum absolute atomic E-state index is 12.5. The maximum atomic E-state index is 12.5. The first-order valence-corrected chi connectivity index (χ1v) is 8.95. The Balaban J connectivity index is 2.13. The van der Waals surface area contributed by atoms with Crippen molar-refractivity contribution in [3.63, 3.8) is 0 Å². The number of ether oxygens (including phenoxy) is 1. The highest BCUT2D eigenvalue weighted by Gasteiger charge is 2.43. The van der Waals surface area contributed by atoms with Crippen molar-refractivity contribution in [2.24, 2.45) is 5.92 Å². The summed E-state index contributed by atoms with van der Waals surface area (Å²) >= 11 is 12.0. The number of benzene rings is 1. The van der Waals surface area contributed by atoms with Crippen LogP contribution < -0.4 is 5.32 Å². The Bertz CT molecular complexity index is 614. The molecule has 132 valence electrons. The van der Waals surface area contributed by atoms with E-state index in [-0.39, 0.29) is 18.2 Å². The summed E-state index contributed by atoms with van der Waals surface area (Å²) in [4.78, 5) is 24.9. The Labute approximate surface area is 152 Å². The molecule has 1 saturated carbocycles. The van der Waals surface area contributed by atoms with Gasteiger partial charge in [0.05, 0.1) is 13.5 Å². The van der Waals surface area contributed by atoms with Crippen LogP contribution in [0.1, 0.15) is 44.6 Å². The number of rotatable bonds is 5. The summed E-state index contributed by atoms with van der Waals surface area (Å²) < 4.78 is 4.96. The number of esters is 1. The zero-order chi connectivity index (χ0) is 17.7. The zero-order valence-electron chi connectivity index (χ0n) is 14.0. The first-order chi connectivity index (χ1) is 11.4. The summed E-state index contributed by atoms with van der Waals surface area (Å²) in [6.45, 7) is 1.76. The molecule has 6 heteroatoms. The molecule has 1 fully saturated rings. The molecular formula is C18H23Cl2NO3. The van der Waals surface area contributed by atoms with E-state index in [9.17, 15) is 9.59 Å². The minimum absolute atomic E-state index is 0.0864. The first-order valence-electron chi connectivity index (χ1n) is 8.20. The largest absolute Gasteiger partial charge is 0.467 e. The lowest BCUT2D eigenvalue weighted by atomic mass is 9.75. The lowest BCUT2D eigenvalue weighted by Crippen LogP contribution is -2.58.